The van der Waals surface area contributed by atoms with Crippen molar-refractivity contribution in [2.75, 3.05) is 0 Å². The molecule has 0 aliphatic rings. The van der Waals surface area contributed by atoms with Crippen molar-refractivity contribution in [2.24, 2.45) is 0 Å². The molecule has 0 aromatic carbocycles. The molecule has 4 nitrogen and oxygen atoms in total. The zero-order chi connectivity index (χ0) is 3.58. The Bertz CT molecular complexity index is 30.5. The van der Waals surface area contributed by atoms with E-state index in [4.69, 9.17) is 13.3 Å². The van der Waals surface area contributed by atoms with Crippen molar-refractivity contribution in [1.29, 1.82) is 0 Å². The predicted octanol–water partition coefficient (Wildman–Crippen LogP) is -2.33. The van der Waals surface area contributed by atoms with Crippen LogP contribution in [0, 0.1) is 0 Å². The Morgan fingerprint density at radius 1 is 1.33 bits per heavy atom. The molecule has 6 heavy (non-hydrogen) atoms. The average molecular weight is 222 g/mol. The Kier molecular flexibility index (Phi) is 24.5. The van der Waals surface area contributed by atoms with Crippen molar-refractivity contribution in [1.82, 2.24) is 0 Å². The Balaban J connectivity index is -0.0000000450. The van der Waals surface area contributed by atoms with Crippen LogP contribution in [0.4, 0.5) is 0 Å². The fraction of sp³-hybridized carbons (Fsp3) is 0. The minimum atomic E-state index is -2.61. The fourth-order valence-electron chi connectivity index (χ4n) is 0. The summed E-state index contributed by atoms with van der Waals surface area (Å²) in [5.41, 5.74) is 0. The molecule has 1 radical (unpaired) electrons. The molecule has 0 aliphatic carbocycles. The van der Waals surface area contributed by atoms with Gasteiger partial charge in [-0.1, -0.05) is 0 Å². The van der Waals surface area contributed by atoms with Gasteiger partial charge in [-0.15, -0.1) is 0 Å². The Labute approximate surface area is 54.3 Å². The van der Waals surface area contributed by atoms with E-state index >= 15 is 0 Å². The topological polar surface area (TPSA) is 89.0 Å². The molecule has 0 saturated heterocycles. The number of hydrogen-bond donors (Lipinski definition) is 2. The van der Waals surface area contributed by atoms with E-state index in [-0.39, 0.29) is 29.4 Å². The number of rotatable bonds is 0. The summed E-state index contributed by atoms with van der Waals surface area (Å²) in [5.74, 6) is 0. The third kappa shape index (κ3) is 103. The van der Waals surface area contributed by atoms with Crippen LogP contribution in [-0.4, -0.2) is 42.7 Å². The van der Waals surface area contributed by atoms with E-state index in [1.165, 1.54) is 0 Å². The average Bonchev–Trinajstić information content (AvgIpc) is 0.811. The van der Waals surface area contributed by atoms with Crippen LogP contribution in [0.25, 0.3) is 0 Å². The molecule has 4 N–H and O–H groups in total. The molecule has 0 aromatic heterocycles. The molecule has 0 atom stereocenters. The van der Waals surface area contributed by atoms with Crippen LogP contribution in [0.5, 0.6) is 0 Å². The van der Waals surface area contributed by atoms with Crippen molar-refractivity contribution in [2.45, 2.75) is 0 Å². The molecule has 6 heteroatoms. The van der Waals surface area contributed by atoms with Gasteiger partial charge in [-0.3, -0.25) is 9.11 Å². The summed E-state index contributed by atoms with van der Waals surface area (Å²) in [4.78, 5) is 0. The van der Waals surface area contributed by atoms with Gasteiger partial charge in [-0.25, -0.2) is 0 Å². The third-order valence-corrected chi connectivity index (χ3v) is 0. The molecular weight excluding hydrogens is 215 g/mol. The molecule has 41 valence electrons. The second kappa shape index (κ2) is 9.27. The van der Waals surface area contributed by atoms with Crippen LogP contribution in [0.3, 0.4) is 0 Å². The van der Waals surface area contributed by atoms with Gasteiger partial charge in [0.05, 0.1) is 0 Å². The SMILES string of the molecule is O.O=S(O)O.[SnH3]. The van der Waals surface area contributed by atoms with Gasteiger partial charge >= 0.3 is 23.9 Å². The summed E-state index contributed by atoms with van der Waals surface area (Å²) in [6.45, 7) is 0. The summed E-state index contributed by atoms with van der Waals surface area (Å²) in [5, 5.41) is 0. The first-order valence-corrected chi connectivity index (χ1v) is 1.60. The van der Waals surface area contributed by atoms with E-state index in [0.717, 1.165) is 0 Å². The first-order chi connectivity index (χ1) is 1.73. The van der Waals surface area contributed by atoms with E-state index in [1.54, 1.807) is 0 Å². The Morgan fingerprint density at radius 2 is 1.33 bits per heavy atom. The van der Waals surface area contributed by atoms with E-state index in [0.29, 0.717) is 0 Å². The Hall–Kier alpha value is 0.829. The van der Waals surface area contributed by atoms with Crippen LogP contribution in [-0.2, 0) is 11.4 Å². The maximum atomic E-state index is 8.67. The normalized spacial score (nSPS) is 5.83. The standard InChI is InChI=1S/H2O3S.H2O.Sn.3H/c1-4(2)3;;;;;/h(H2,1,2,3);1H2;;;;. The molecule has 0 heterocycles. The Morgan fingerprint density at radius 3 is 1.33 bits per heavy atom. The van der Waals surface area contributed by atoms with Gasteiger partial charge in [0, 0.05) is 0 Å². The second-order valence-electron chi connectivity index (χ2n) is 0.231. The fourth-order valence-corrected chi connectivity index (χ4v) is 0. The molecule has 0 saturated carbocycles. The van der Waals surface area contributed by atoms with Gasteiger partial charge in [0.15, 0.2) is 0 Å². The molecule has 0 aliphatic heterocycles. The van der Waals surface area contributed by atoms with Crippen molar-refractivity contribution in [3.8, 4) is 0 Å². The zero-order valence-electron chi connectivity index (χ0n) is 3.21. The molecular formula is H7O4SSn. The van der Waals surface area contributed by atoms with Crippen LogP contribution in [0.1, 0.15) is 0 Å². The van der Waals surface area contributed by atoms with Crippen LogP contribution in [0.2, 0.25) is 0 Å². The van der Waals surface area contributed by atoms with Crippen molar-refractivity contribution in [3.63, 3.8) is 0 Å². The summed E-state index contributed by atoms with van der Waals surface area (Å²) in [7, 11) is 0. The quantitative estimate of drug-likeness (QED) is 0.355. The van der Waals surface area contributed by atoms with E-state index in [9.17, 15) is 0 Å². The second-order valence-corrected chi connectivity index (χ2v) is 0.692. The van der Waals surface area contributed by atoms with Gasteiger partial charge < -0.3 is 5.48 Å². The molecule has 0 amide bonds. The molecule has 0 spiro atoms. The van der Waals surface area contributed by atoms with E-state index in [1.807, 2.05) is 0 Å². The minimum absolute atomic E-state index is 0. The molecule has 0 aromatic rings. The van der Waals surface area contributed by atoms with Gasteiger partial charge in [0.1, 0.15) is 0 Å². The van der Waals surface area contributed by atoms with Crippen molar-refractivity contribution < 1.29 is 18.8 Å². The van der Waals surface area contributed by atoms with Crippen LogP contribution < -0.4 is 0 Å². The van der Waals surface area contributed by atoms with Gasteiger partial charge in [-0.2, -0.15) is 4.21 Å². The summed E-state index contributed by atoms with van der Waals surface area (Å²) < 4.78 is 22.8. The van der Waals surface area contributed by atoms with Gasteiger partial charge in [-0.05, 0) is 0 Å². The van der Waals surface area contributed by atoms with E-state index < -0.39 is 11.4 Å². The van der Waals surface area contributed by atoms with Gasteiger partial charge in [0.25, 0.3) is 11.4 Å². The van der Waals surface area contributed by atoms with Crippen LogP contribution >= 0.6 is 0 Å². The van der Waals surface area contributed by atoms with Crippen molar-refractivity contribution in [3.05, 3.63) is 0 Å². The molecule has 0 unspecified atom stereocenters. The monoisotopic (exact) mass is 223 g/mol. The number of hydrogen-bond acceptors (Lipinski definition) is 1. The third-order valence-electron chi connectivity index (χ3n) is 0. The molecule has 0 fully saturated rings. The zero-order valence-corrected chi connectivity index (χ0v) is 9.74. The van der Waals surface area contributed by atoms with Crippen molar-refractivity contribution >= 4 is 35.3 Å². The molecule has 0 rings (SSSR count). The van der Waals surface area contributed by atoms with Crippen LogP contribution in [0.15, 0.2) is 0 Å². The van der Waals surface area contributed by atoms with E-state index in [2.05, 4.69) is 0 Å². The molecule has 0 bridgehead atoms. The maximum absolute atomic E-state index is 8.67. The summed E-state index contributed by atoms with van der Waals surface area (Å²) in [6.07, 6.45) is 0. The first kappa shape index (κ1) is 15.8. The summed E-state index contributed by atoms with van der Waals surface area (Å²) in [6, 6.07) is 0. The predicted molar refractivity (Wildman–Crippen MR) is 27.0 cm³/mol. The first-order valence-electron chi connectivity index (χ1n) is 0.532. The summed E-state index contributed by atoms with van der Waals surface area (Å²) >= 11 is -2.61. The van der Waals surface area contributed by atoms with Gasteiger partial charge in [0.2, 0.25) is 0 Å².